The number of benzene rings is 2. The van der Waals surface area contributed by atoms with Crippen LogP contribution < -0.4 is 5.32 Å². The molecular weight excluding hydrogens is 319 g/mol. The van der Waals surface area contributed by atoms with E-state index in [1.807, 2.05) is 6.07 Å². The molecule has 23 heavy (non-hydrogen) atoms. The second kappa shape index (κ2) is 7.74. The molecule has 2 amide bonds. The van der Waals surface area contributed by atoms with Crippen LogP contribution in [0.5, 0.6) is 0 Å². The number of nitrogens with one attached hydrogen (secondary N) is 1. The zero-order valence-electron chi connectivity index (χ0n) is 12.6. The molecule has 0 aliphatic rings. The molecule has 0 saturated carbocycles. The Morgan fingerprint density at radius 1 is 1.17 bits per heavy atom. The van der Waals surface area contributed by atoms with E-state index in [1.165, 1.54) is 30.0 Å². The van der Waals surface area contributed by atoms with Crippen LogP contribution in [0.25, 0.3) is 0 Å². The topological polar surface area (TPSA) is 49.4 Å². The SMILES string of the molecule is CC(=O)N(CC(=O)Nc1cccc(F)c1)Cc1ccccc1Cl. The Morgan fingerprint density at radius 3 is 2.57 bits per heavy atom. The largest absolute Gasteiger partial charge is 0.329 e. The lowest BCUT2D eigenvalue weighted by Crippen LogP contribution is -2.36. The molecule has 0 fully saturated rings. The fraction of sp³-hybridized carbons (Fsp3) is 0.176. The van der Waals surface area contributed by atoms with E-state index in [0.29, 0.717) is 10.7 Å². The van der Waals surface area contributed by atoms with Crippen molar-refractivity contribution in [2.45, 2.75) is 13.5 Å². The van der Waals surface area contributed by atoms with Crippen molar-refractivity contribution in [3.05, 3.63) is 64.9 Å². The zero-order valence-corrected chi connectivity index (χ0v) is 13.3. The number of amides is 2. The molecule has 6 heteroatoms. The van der Waals surface area contributed by atoms with Crippen LogP contribution in [0.3, 0.4) is 0 Å². The van der Waals surface area contributed by atoms with Crippen LogP contribution in [0.4, 0.5) is 10.1 Å². The van der Waals surface area contributed by atoms with Crippen LogP contribution in [-0.4, -0.2) is 23.3 Å². The molecule has 2 aromatic carbocycles. The van der Waals surface area contributed by atoms with Gasteiger partial charge in [0.2, 0.25) is 11.8 Å². The molecule has 4 nitrogen and oxygen atoms in total. The van der Waals surface area contributed by atoms with Crippen LogP contribution >= 0.6 is 11.6 Å². The van der Waals surface area contributed by atoms with Gasteiger partial charge in [0, 0.05) is 24.2 Å². The maximum absolute atomic E-state index is 13.1. The molecule has 2 aromatic rings. The van der Waals surface area contributed by atoms with E-state index in [-0.39, 0.29) is 19.0 Å². The van der Waals surface area contributed by atoms with Crippen molar-refractivity contribution in [2.75, 3.05) is 11.9 Å². The Morgan fingerprint density at radius 2 is 1.91 bits per heavy atom. The summed E-state index contributed by atoms with van der Waals surface area (Å²) in [5, 5.41) is 3.09. The van der Waals surface area contributed by atoms with Crippen molar-refractivity contribution in [1.82, 2.24) is 4.90 Å². The number of carbonyl (C=O) groups is 2. The molecule has 0 unspecified atom stereocenters. The Hall–Kier alpha value is -2.40. The fourth-order valence-electron chi connectivity index (χ4n) is 2.05. The first-order valence-corrected chi connectivity index (χ1v) is 7.38. The van der Waals surface area contributed by atoms with E-state index in [1.54, 1.807) is 24.3 Å². The smallest absolute Gasteiger partial charge is 0.244 e. The normalized spacial score (nSPS) is 10.2. The van der Waals surface area contributed by atoms with Gasteiger partial charge in [0.05, 0.1) is 0 Å². The molecular formula is C17H16ClFN2O2. The quantitative estimate of drug-likeness (QED) is 0.910. The number of rotatable bonds is 5. The highest BCUT2D eigenvalue weighted by Gasteiger charge is 2.15. The highest BCUT2D eigenvalue weighted by molar-refractivity contribution is 6.31. The van der Waals surface area contributed by atoms with Gasteiger partial charge >= 0.3 is 0 Å². The van der Waals surface area contributed by atoms with Gasteiger partial charge in [-0.15, -0.1) is 0 Å². The second-order valence-corrected chi connectivity index (χ2v) is 5.43. The minimum absolute atomic E-state index is 0.142. The molecule has 2 rings (SSSR count). The number of anilines is 1. The fourth-order valence-corrected chi connectivity index (χ4v) is 2.25. The third-order valence-corrected chi connectivity index (χ3v) is 3.58. The van der Waals surface area contributed by atoms with Crippen molar-refractivity contribution < 1.29 is 14.0 Å². The third kappa shape index (κ3) is 5.07. The summed E-state index contributed by atoms with van der Waals surface area (Å²) in [5.41, 5.74) is 1.10. The van der Waals surface area contributed by atoms with E-state index in [4.69, 9.17) is 11.6 Å². The molecule has 0 heterocycles. The van der Waals surface area contributed by atoms with Crippen molar-refractivity contribution in [1.29, 1.82) is 0 Å². The first-order chi connectivity index (χ1) is 11.0. The first kappa shape index (κ1) is 17.0. The summed E-state index contributed by atoms with van der Waals surface area (Å²) in [4.78, 5) is 25.2. The standard InChI is InChI=1S/C17H16ClFN2O2/c1-12(22)21(10-13-5-2-3-8-16(13)18)11-17(23)20-15-7-4-6-14(19)9-15/h2-9H,10-11H2,1H3,(H,20,23). The van der Waals surface area contributed by atoms with Crippen LogP contribution in [-0.2, 0) is 16.1 Å². The Kier molecular flexibility index (Phi) is 5.71. The molecule has 0 bridgehead atoms. The first-order valence-electron chi connectivity index (χ1n) is 7.00. The molecule has 0 aromatic heterocycles. The molecule has 120 valence electrons. The van der Waals surface area contributed by atoms with Gasteiger partial charge in [0.1, 0.15) is 12.4 Å². The lowest BCUT2D eigenvalue weighted by atomic mass is 10.2. The Balaban J connectivity index is 2.03. The van der Waals surface area contributed by atoms with Crippen molar-refractivity contribution in [2.24, 2.45) is 0 Å². The van der Waals surface area contributed by atoms with E-state index >= 15 is 0 Å². The average molecular weight is 335 g/mol. The van der Waals surface area contributed by atoms with Gasteiger partial charge in [-0.2, -0.15) is 0 Å². The zero-order chi connectivity index (χ0) is 16.8. The van der Waals surface area contributed by atoms with Crippen molar-refractivity contribution in [3.8, 4) is 0 Å². The number of carbonyl (C=O) groups excluding carboxylic acids is 2. The van der Waals surface area contributed by atoms with Gasteiger partial charge in [-0.25, -0.2) is 4.39 Å². The van der Waals surface area contributed by atoms with Gasteiger partial charge in [0.15, 0.2) is 0 Å². The summed E-state index contributed by atoms with van der Waals surface area (Å²) in [6, 6.07) is 12.7. The van der Waals surface area contributed by atoms with E-state index in [2.05, 4.69) is 5.32 Å². The third-order valence-electron chi connectivity index (χ3n) is 3.21. The van der Waals surface area contributed by atoms with Crippen molar-refractivity contribution >= 4 is 29.1 Å². The van der Waals surface area contributed by atoms with Crippen LogP contribution in [0.1, 0.15) is 12.5 Å². The maximum Gasteiger partial charge on any atom is 0.244 e. The van der Waals surface area contributed by atoms with Crippen LogP contribution in [0.15, 0.2) is 48.5 Å². The predicted octanol–water partition coefficient (Wildman–Crippen LogP) is 3.47. The highest BCUT2D eigenvalue weighted by atomic mass is 35.5. The number of halogens is 2. The van der Waals surface area contributed by atoms with Gasteiger partial charge in [0.25, 0.3) is 0 Å². The van der Waals surface area contributed by atoms with Gasteiger partial charge < -0.3 is 10.2 Å². The monoisotopic (exact) mass is 334 g/mol. The van der Waals surface area contributed by atoms with Gasteiger partial charge in [-0.3, -0.25) is 9.59 Å². The van der Waals surface area contributed by atoms with E-state index in [9.17, 15) is 14.0 Å². The molecule has 0 spiro atoms. The van der Waals surface area contributed by atoms with E-state index in [0.717, 1.165) is 5.56 Å². The summed E-state index contributed by atoms with van der Waals surface area (Å²) in [7, 11) is 0. The molecule has 0 aliphatic heterocycles. The van der Waals surface area contributed by atoms with E-state index < -0.39 is 11.7 Å². The summed E-state index contributed by atoms with van der Waals surface area (Å²) in [6.07, 6.45) is 0. The number of hydrogen-bond donors (Lipinski definition) is 1. The second-order valence-electron chi connectivity index (χ2n) is 5.03. The van der Waals surface area contributed by atoms with Gasteiger partial charge in [-0.1, -0.05) is 35.9 Å². The summed E-state index contributed by atoms with van der Waals surface area (Å²) in [5.74, 6) is -1.10. The molecule has 0 atom stereocenters. The lowest BCUT2D eigenvalue weighted by Gasteiger charge is -2.21. The highest BCUT2D eigenvalue weighted by Crippen LogP contribution is 2.17. The average Bonchev–Trinajstić information content (AvgIpc) is 2.48. The maximum atomic E-state index is 13.1. The van der Waals surface area contributed by atoms with Crippen LogP contribution in [0.2, 0.25) is 5.02 Å². The predicted molar refractivity (Wildman–Crippen MR) is 87.6 cm³/mol. The van der Waals surface area contributed by atoms with Crippen LogP contribution in [0, 0.1) is 5.82 Å². The summed E-state index contributed by atoms with van der Waals surface area (Å²) >= 11 is 6.08. The molecule has 0 radical (unpaired) electrons. The number of nitrogens with zero attached hydrogens (tertiary/aromatic N) is 1. The summed E-state index contributed by atoms with van der Waals surface area (Å²) < 4.78 is 13.1. The molecule has 1 N–H and O–H groups in total. The molecule has 0 aliphatic carbocycles. The van der Waals surface area contributed by atoms with Gasteiger partial charge in [-0.05, 0) is 29.8 Å². The minimum Gasteiger partial charge on any atom is -0.329 e. The summed E-state index contributed by atoms with van der Waals surface area (Å²) in [6.45, 7) is 1.47. The minimum atomic E-state index is -0.442. The number of hydrogen-bond acceptors (Lipinski definition) is 2. The molecule has 0 saturated heterocycles. The Labute approximate surface area is 138 Å². The Bertz CT molecular complexity index is 721. The lowest BCUT2D eigenvalue weighted by molar-refractivity contribution is -0.133. The van der Waals surface area contributed by atoms with Crippen molar-refractivity contribution in [3.63, 3.8) is 0 Å².